The van der Waals surface area contributed by atoms with Gasteiger partial charge in [0.2, 0.25) is 5.88 Å². The molecule has 0 unspecified atom stereocenters. The zero-order valence-electron chi connectivity index (χ0n) is 15.4. The molecule has 3 N–H and O–H groups in total. The number of methoxy groups -OCH3 is 1. The van der Waals surface area contributed by atoms with Crippen molar-refractivity contribution in [2.24, 2.45) is 0 Å². The van der Waals surface area contributed by atoms with Gasteiger partial charge in [0.25, 0.3) is 5.91 Å². The van der Waals surface area contributed by atoms with Crippen LogP contribution < -0.4 is 10.1 Å². The summed E-state index contributed by atoms with van der Waals surface area (Å²) in [6, 6.07) is 13.7. The summed E-state index contributed by atoms with van der Waals surface area (Å²) >= 11 is 5.86. The lowest BCUT2D eigenvalue weighted by atomic mass is 10.0. The summed E-state index contributed by atoms with van der Waals surface area (Å²) in [7, 11) is 1.52. The normalized spacial score (nSPS) is 11.7. The summed E-state index contributed by atoms with van der Waals surface area (Å²) in [6.07, 6.45) is -0.318. The minimum absolute atomic E-state index is 0.0543. The zero-order chi connectivity index (χ0) is 21.0. The Morgan fingerprint density at radius 2 is 1.83 bits per heavy atom. The van der Waals surface area contributed by atoms with E-state index in [1.165, 1.54) is 17.9 Å². The molecular weight excluding hydrogens is 398 g/mol. The lowest BCUT2D eigenvalue weighted by Gasteiger charge is -2.17. The number of aliphatic carboxylic acids is 1. The third kappa shape index (κ3) is 4.85. The maximum Gasteiger partial charge on any atom is 0.305 e. The van der Waals surface area contributed by atoms with Crippen LogP contribution in [-0.2, 0) is 4.79 Å². The van der Waals surface area contributed by atoms with Gasteiger partial charge in [-0.05, 0) is 42.0 Å². The number of carboxylic acids is 1. The number of carbonyl (C=O) groups excluding carboxylic acids is 1. The van der Waals surface area contributed by atoms with E-state index in [0.717, 1.165) is 0 Å². The number of carboxylic acid groups (broad SMARTS) is 1. The van der Waals surface area contributed by atoms with Crippen molar-refractivity contribution in [2.45, 2.75) is 12.5 Å². The van der Waals surface area contributed by atoms with Crippen LogP contribution in [0.25, 0.3) is 5.69 Å². The van der Waals surface area contributed by atoms with Crippen molar-refractivity contribution >= 4 is 23.5 Å². The topological polar surface area (TPSA) is 114 Å². The second-order valence-electron chi connectivity index (χ2n) is 6.17. The Morgan fingerprint density at radius 3 is 2.41 bits per heavy atom. The number of amides is 1. The minimum Gasteiger partial charge on any atom is -0.497 e. The first kappa shape index (κ1) is 20.2. The molecule has 29 heavy (non-hydrogen) atoms. The number of nitrogens with one attached hydrogen (secondary N) is 1. The third-order valence-electron chi connectivity index (χ3n) is 4.20. The highest BCUT2D eigenvalue weighted by Crippen LogP contribution is 2.23. The molecule has 150 valence electrons. The van der Waals surface area contributed by atoms with Crippen LogP contribution in [0.15, 0.2) is 54.6 Å². The molecule has 0 aliphatic carbocycles. The number of carbonyl (C=O) groups is 2. The molecule has 8 nitrogen and oxygen atoms in total. The highest BCUT2D eigenvalue weighted by molar-refractivity contribution is 6.30. The second kappa shape index (κ2) is 8.66. The minimum atomic E-state index is -1.07. The van der Waals surface area contributed by atoms with Crippen molar-refractivity contribution in [1.29, 1.82) is 0 Å². The molecule has 1 heterocycles. The molecule has 1 amide bonds. The smallest absolute Gasteiger partial charge is 0.305 e. The number of benzene rings is 2. The van der Waals surface area contributed by atoms with E-state index in [1.807, 2.05) is 0 Å². The van der Waals surface area contributed by atoms with Crippen LogP contribution in [0.3, 0.4) is 0 Å². The van der Waals surface area contributed by atoms with Crippen molar-refractivity contribution in [1.82, 2.24) is 15.1 Å². The Balaban J connectivity index is 1.83. The van der Waals surface area contributed by atoms with E-state index in [4.69, 9.17) is 16.3 Å². The lowest BCUT2D eigenvalue weighted by Crippen LogP contribution is -2.30. The molecule has 0 saturated heterocycles. The monoisotopic (exact) mass is 415 g/mol. The van der Waals surface area contributed by atoms with Gasteiger partial charge < -0.3 is 20.3 Å². The van der Waals surface area contributed by atoms with E-state index in [0.29, 0.717) is 22.0 Å². The van der Waals surface area contributed by atoms with E-state index in [1.54, 1.807) is 48.5 Å². The van der Waals surface area contributed by atoms with Gasteiger partial charge in [0, 0.05) is 11.1 Å². The number of aromatic nitrogens is 2. The van der Waals surface area contributed by atoms with Gasteiger partial charge in [0.05, 0.1) is 25.3 Å². The quantitative estimate of drug-likeness (QED) is 0.546. The first-order valence-electron chi connectivity index (χ1n) is 8.59. The van der Waals surface area contributed by atoms with Crippen LogP contribution in [0.2, 0.25) is 5.02 Å². The van der Waals surface area contributed by atoms with Crippen LogP contribution in [0.4, 0.5) is 0 Å². The van der Waals surface area contributed by atoms with Gasteiger partial charge in [-0.3, -0.25) is 9.59 Å². The average molecular weight is 416 g/mol. The molecule has 0 bridgehead atoms. The van der Waals surface area contributed by atoms with Crippen molar-refractivity contribution in [2.75, 3.05) is 7.11 Å². The maximum absolute atomic E-state index is 12.6. The third-order valence-corrected chi connectivity index (χ3v) is 4.45. The second-order valence-corrected chi connectivity index (χ2v) is 6.61. The average Bonchev–Trinajstić information content (AvgIpc) is 3.09. The van der Waals surface area contributed by atoms with E-state index >= 15 is 0 Å². The molecule has 0 radical (unpaired) electrons. The number of hydrogen-bond donors (Lipinski definition) is 3. The van der Waals surface area contributed by atoms with E-state index < -0.39 is 17.9 Å². The molecule has 1 aromatic heterocycles. The Bertz CT molecular complexity index is 1020. The predicted molar refractivity (Wildman–Crippen MR) is 106 cm³/mol. The van der Waals surface area contributed by atoms with Crippen molar-refractivity contribution in [3.05, 3.63) is 70.9 Å². The molecule has 0 aliphatic rings. The van der Waals surface area contributed by atoms with Crippen molar-refractivity contribution in [3.63, 3.8) is 0 Å². The van der Waals surface area contributed by atoms with Gasteiger partial charge in [-0.1, -0.05) is 23.7 Å². The Labute approximate surface area is 171 Å². The summed E-state index contributed by atoms with van der Waals surface area (Å²) in [4.78, 5) is 23.9. The molecule has 3 aromatic rings. The highest BCUT2D eigenvalue weighted by Gasteiger charge is 2.22. The van der Waals surface area contributed by atoms with E-state index in [2.05, 4.69) is 10.4 Å². The summed E-state index contributed by atoms with van der Waals surface area (Å²) in [5.74, 6) is -1.31. The molecule has 0 fully saturated rings. The number of aromatic hydroxyl groups is 1. The van der Waals surface area contributed by atoms with Gasteiger partial charge in [-0.25, -0.2) is 4.68 Å². The standard InChI is InChI=1S/C20H18ClN3O5/c1-29-15-8-2-12(3-9-15)16(11-19(26)27)22-20(28)17-10-18(25)24(23-17)14-6-4-13(21)5-7-14/h2-10,16,25H,11H2,1H3,(H,22,28)(H,26,27)/t16-/m0/s1. The van der Waals surface area contributed by atoms with Crippen LogP contribution in [0.5, 0.6) is 11.6 Å². The Kier molecular flexibility index (Phi) is 6.04. The van der Waals surface area contributed by atoms with E-state index in [9.17, 15) is 19.8 Å². The van der Waals surface area contributed by atoms with Crippen LogP contribution in [0.1, 0.15) is 28.5 Å². The summed E-state index contributed by atoms with van der Waals surface area (Å²) in [5.41, 5.74) is 1.06. The van der Waals surface area contributed by atoms with Crippen LogP contribution in [0, 0.1) is 0 Å². The fraction of sp³-hybridized carbons (Fsp3) is 0.150. The van der Waals surface area contributed by atoms with Gasteiger partial charge in [0.1, 0.15) is 5.75 Å². The first-order valence-corrected chi connectivity index (χ1v) is 8.96. The summed E-state index contributed by atoms with van der Waals surface area (Å²) < 4.78 is 6.28. The van der Waals surface area contributed by atoms with Gasteiger partial charge in [0.15, 0.2) is 5.69 Å². The fourth-order valence-corrected chi connectivity index (χ4v) is 2.88. The van der Waals surface area contributed by atoms with Crippen LogP contribution in [-0.4, -0.2) is 39.0 Å². The molecule has 0 saturated carbocycles. The highest BCUT2D eigenvalue weighted by atomic mass is 35.5. The maximum atomic E-state index is 12.6. The SMILES string of the molecule is COc1ccc([C@H](CC(=O)O)NC(=O)c2cc(O)n(-c3ccc(Cl)cc3)n2)cc1. The van der Waals surface area contributed by atoms with E-state index in [-0.39, 0.29) is 18.0 Å². The Morgan fingerprint density at radius 1 is 1.17 bits per heavy atom. The molecule has 2 aromatic carbocycles. The number of ether oxygens (including phenoxy) is 1. The number of nitrogens with zero attached hydrogens (tertiary/aromatic N) is 2. The van der Waals surface area contributed by atoms with Gasteiger partial charge in [-0.15, -0.1) is 0 Å². The molecule has 0 spiro atoms. The first-order chi connectivity index (χ1) is 13.9. The predicted octanol–water partition coefficient (Wildman–Crippen LogP) is 3.19. The van der Waals surface area contributed by atoms with Crippen molar-refractivity contribution < 1.29 is 24.5 Å². The molecule has 0 aliphatic heterocycles. The molecule has 3 rings (SSSR count). The fourth-order valence-electron chi connectivity index (χ4n) is 2.75. The Hall–Kier alpha value is -3.52. The lowest BCUT2D eigenvalue weighted by molar-refractivity contribution is -0.137. The zero-order valence-corrected chi connectivity index (χ0v) is 16.1. The molecule has 1 atom stereocenters. The molecular formula is C20H18ClN3O5. The summed E-state index contributed by atoms with van der Waals surface area (Å²) in [6.45, 7) is 0. The van der Waals surface area contributed by atoms with Crippen LogP contribution >= 0.6 is 11.6 Å². The van der Waals surface area contributed by atoms with Gasteiger partial charge >= 0.3 is 5.97 Å². The summed E-state index contributed by atoms with van der Waals surface area (Å²) in [5, 5.41) is 26.6. The van der Waals surface area contributed by atoms with Crippen molar-refractivity contribution in [3.8, 4) is 17.3 Å². The molecule has 9 heteroatoms. The van der Waals surface area contributed by atoms with Gasteiger partial charge in [-0.2, -0.15) is 5.10 Å². The largest absolute Gasteiger partial charge is 0.497 e. The number of hydrogen-bond acceptors (Lipinski definition) is 5. The number of rotatable bonds is 7. The number of halogens is 1.